The number of ketones is 1. The van der Waals surface area contributed by atoms with E-state index in [-0.39, 0.29) is 17.9 Å². The molecular formula is C17H21IO2. The molecule has 2 unspecified atom stereocenters. The standard InChI is InChI=1S/C17H21IO2/c1-2-15(19)17-13(11-3-5-12(18)6-4-11)7-10-8-14(17)16(20)9-10/h3-6,10,13-14,16-17,20H,2,7-9H2,1H3/t10?,13-,14-,16?,17+/m1/s1. The molecule has 20 heavy (non-hydrogen) atoms. The van der Waals surface area contributed by atoms with E-state index in [0.717, 1.165) is 19.3 Å². The van der Waals surface area contributed by atoms with E-state index in [0.29, 0.717) is 24.0 Å². The fourth-order valence-electron chi connectivity index (χ4n) is 4.29. The quantitative estimate of drug-likeness (QED) is 0.806. The fourth-order valence-corrected chi connectivity index (χ4v) is 4.65. The van der Waals surface area contributed by atoms with Gasteiger partial charge in [-0.25, -0.2) is 0 Å². The predicted octanol–water partition coefficient (Wildman–Crippen LogP) is 3.76. The van der Waals surface area contributed by atoms with Gasteiger partial charge in [0.1, 0.15) is 5.78 Å². The topological polar surface area (TPSA) is 37.3 Å². The molecule has 1 N–H and O–H groups in total. The van der Waals surface area contributed by atoms with Gasteiger partial charge in [0.2, 0.25) is 0 Å². The third-order valence-corrected chi connectivity index (χ3v) is 5.89. The van der Waals surface area contributed by atoms with E-state index >= 15 is 0 Å². The van der Waals surface area contributed by atoms with Gasteiger partial charge in [0.05, 0.1) is 6.10 Å². The van der Waals surface area contributed by atoms with Gasteiger partial charge in [0.15, 0.2) is 0 Å². The number of Topliss-reactive ketones (excluding diaryl/α,β-unsaturated/α-hetero) is 1. The first kappa shape index (κ1) is 14.5. The number of benzene rings is 1. The van der Waals surface area contributed by atoms with E-state index in [1.54, 1.807) is 0 Å². The third-order valence-electron chi connectivity index (χ3n) is 5.17. The molecule has 2 bridgehead atoms. The number of carbonyl (C=O) groups excluding carboxylic acids is 1. The van der Waals surface area contributed by atoms with Crippen molar-refractivity contribution in [2.45, 2.75) is 44.6 Å². The summed E-state index contributed by atoms with van der Waals surface area (Å²) in [7, 11) is 0. The van der Waals surface area contributed by atoms with Crippen LogP contribution in [0.3, 0.4) is 0 Å². The van der Waals surface area contributed by atoms with Crippen molar-refractivity contribution in [3.8, 4) is 0 Å². The van der Waals surface area contributed by atoms with Gasteiger partial charge in [0, 0.05) is 15.9 Å². The Morgan fingerprint density at radius 2 is 1.95 bits per heavy atom. The van der Waals surface area contributed by atoms with Gasteiger partial charge in [0.25, 0.3) is 0 Å². The van der Waals surface area contributed by atoms with Crippen LogP contribution in [0.1, 0.15) is 44.1 Å². The van der Waals surface area contributed by atoms with Crippen molar-refractivity contribution in [2.75, 3.05) is 0 Å². The first-order valence-corrected chi connectivity index (χ1v) is 8.64. The molecule has 3 rings (SSSR count). The summed E-state index contributed by atoms with van der Waals surface area (Å²) >= 11 is 2.31. The van der Waals surface area contributed by atoms with Crippen LogP contribution in [0.15, 0.2) is 24.3 Å². The summed E-state index contributed by atoms with van der Waals surface area (Å²) in [5.74, 6) is 1.44. The number of hydrogen-bond donors (Lipinski definition) is 1. The van der Waals surface area contributed by atoms with E-state index in [4.69, 9.17) is 0 Å². The molecule has 0 spiro atoms. The highest BCUT2D eigenvalue weighted by atomic mass is 127. The van der Waals surface area contributed by atoms with Crippen LogP contribution in [0.4, 0.5) is 0 Å². The van der Waals surface area contributed by atoms with Crippen LogP contribution in [0.5, 0.6) is 0 Å². The summed E-state index contributed by atoms with van der Waals surface area (Å²) in [5.41, 5.74) is 1.28. The van der Waals surface area contributed by atoms with Crippen molar-refractivity contribution in [2.24, 2.45) is 17.8 Å². The lowest BCUT2D eigenvalue weighted by molar-refractivity contribution is -0.127. The zero-order valence-corrected chi connectivity index (χ0v) is 13.9. The number of halogens is 1. The summed E-state index contributed by atoms with van der Waals surface area (Å²) in [6.07, 6.45) is 3.30. The summed E-state index contributed by atoms with van der Waals surface area (Å²) in [6, 6.07) is 8.58. The molecule has 3 heteroatoms. The maximum absolute atomic E-state index is 12.4. The number of aliphatic hydroxyl groups excluding tert-OH is 1. The molecule has 1 aromatic carbocycles. The molecular weight excluding hydrogens is 363 g/mol. The highest BCUT2D eigenvalue weighted by molar-refractivity contribution is 14.1. The van der Waals surface area contributed by atoms with Gasteiger partial charge in [-0.15, -0.1) is 0 Å². The molecule has 2 saturated carbocycles. The van der Waals surface area contributed by atoms with Crippen LogP contribution in [-0.2, 0) is 4.79 Å². The Balaban J connectivity index is 1.95. The van der Waals surface area contributed by atoms with Crippen LogP contribution in [0, 0.1) is 21.3 Å². The molecule has 0 saturated heterocycles. The Morgan fingerprint density at radius 3 is 2.60 bits per heavy atom. The van der Waals surface area contributed by atoms with Crippen molar-refractivity contribution >= 4 is 28.4 Å². The second-order valence-corrected chi connectivity index (χ2v) is 7.55. The zero-order valence-electron chi connectivity index (χ0n) is 11.8. The molecule has 2 fully saturated rings. The number of rotatable bonds is 3. The van der Waals surface area contributed by atoms with Crippen molar-refractivity contribution in [3.63, 3.8) is 0 Å². The predicted molar refractivity (Wildman–Crippen MR) is 87.5 cm³/mol. The van der Waals surface area contributed by atoms with Gasteiger partial charge in [-0.2, -0.15) is 0 Å². The third kappa shape index (κ3) is 2.54. The van der Waals surface area contributed by atoms with Crippen molar-refractivity contribution in [1.29, 1.82) is 0 Å². The van der Waals surface area contributed by atoms with Crippen LogP contribution in [0.25, 0.3) is 0 Å². The van der Waals surface area contributed by atoms with Crippen LogP contribution in [0.2, 0.25) is 0 Å². The van der Waals surface area contributed by atoms with E-state index in [1.165, 1.54) is 9.13 Å². The highest BCUT2D eigenvalue weighted by Crippen LogP contribution is 2.52. The number of aliphatic hydroxyl groups is 1. The molecule has 5 atom stereocenters. The Kier molecular flexibility index (Phi) is 4.18. The van der Waals surface area contributed by atoms with Gasteiger partial charge < -0.3 is 5.11 Å². The van der Waals surface area contributed by atoms with Crippen molar-refractivity contribution in [3.05, 3.63) is 33.4 Å². The van der Waals surface area contributed by atoms with Crippen molar-refractivity contribution in [1.82, 2.24) is 0 Å². The largest absolute Gasteiger partial charge is 0.393 e. The van der Waals surface area contributed by atoms with Crippen LogP contribution in [-0.4, -0.2) is 17.0 Å². The maximum atomic E-state index is 12.4. The van der Waals surface area contributed by atoms with Crippen LogP contribution < -0.4 is 0 Å². The summed E-state index contributed by atoms with van der Waals surface area (Å²) in [6.45, 7) is 1.95. The lowest BCUT2D eigenvalue weighted by Gasteiger charge is -2.36. The van der Waals surface area contributed by atoms with Gasteiger partial charge >= 0.3 is 0 Å². The smallest absolute Gasteiger partial charge is 0.136 e. The number of hydrogen-bond acceptors (Lipinski definition) is 2. The van der Waals surface area contributed by atoms with Gasteiger partial charge in [-0.05, 0) is 77.3 Å². The molecule has 0 aromatic heterocycles. The van der Waals surface area contributed by atoms with Gasteiger partial charge in [-0.3, -0.25) is 4.79 Å². The Morgan fingerprint density at radius 1 is 1.25 bits per heavy atom. The summed E-state index contributed by atoms with van der Waals surface area (Å²) in [5, 5.41) is 10.3. The minimum atomic E-state index is -0.269. The van der Waals surface area contributed by atoms with E-state index < -0.39 is 0 Å². The molecule has 0 amide bonds. The first-order chi connectivity index (χ1) is 9.60. The number of fused-ring (bicyclic) bond motifs is 2. The summed E-state index contributed by atoms with van der Waals surface area (Å²) < 4.78 is 1.23. The van der Waals surface area contributed by atoms with Crippen LogP contribution >= 0.6 is 22.6 Å². The Bertz CT molecular complexity index is 496. The summed E-state index contributed by atoms with van der Waals surface area (Å²) in [4.78, 5) is 12.4. The first-order valence-electron chi connectivity index (χ1n) is 7.56. The monoisotopic (exact) mass is 384 g/mol. The Hall–Kier alpha value is -0.420. The SMILES string of the molecule is CCC(=O)[C@H]1[C@@H](c2ccc(I)cc2)CC2CC(O)[C@H]1C2. The maximum Gasteiger partial charge on any atom is 0.136 e. The van der Waals surface area contributed by atoms with E-state index in [2.05, 4.69) is 46.9 Å². The zero-order chi connectivity index (χ0) is 14.3. The average molecular weight is 384 g/mol. The minimum absolute atomic E-state index is 0.0220. The normalized spacial score (nSPS) is 36.0. The lowest BCUT2D eigenvalue weighted by Crippen LogP contribution is -2.35. The molecule has 0 radical (unpaired) electrons. The van der Waals surface area contributed by atoms with Gasteiger partial charge in [-0.1, -0.05) is 19.1 Å². The molecule has 108 valence electrons. The van der Waals surface area contributed by atoms with E-state index in [1.807, 2.05) is 6.92 Å². The molecule has 0 aliphatic heterocycles. The average Bonchev–Trinajstić information content (AvgIpc) is 2.74. The molecule has 2 aliphatic carbocycles. The molecule has 0 heterocycles. The second kappa shape index (κ2) is 5.76. The van der Waals surface area contributed by atoms with Crippen molar-refractivity contribution < 1.29 is 9.90 Å². The minimum Gasteiger partial charge on any atom is -0.393 e. The molecule has 2 nitrogen and oxygen atoms in total. The fraction of sp³-hybridized carbons (Fsp3) is 0.588. The highest BCUT2D eigenvalue weighted by Gasteiger charge is 2.49. The van der Waals surface area contributed by atoms with E-state index in [9.17, 15) is 9.90 Å². The Labute approximate surface area is 134 Å². The lowest BCUT2D eigenvalue weighted by atomic mass is 9.67. The second-order valence-electron chi connectivity index (χ2n) is 6.31. The number of carbonyl (C=O) groups is 1. The molecule has 1 aromatic rings. The molecule has 2 aliphatic rings.